The second kappa shape index (κ2) is 12.5. The molecule has 1 saturated heterocycles. The third kappa shape index (κ3) is 7.13. The molecular weight excluding hydrogens is 471 g/mol. The average molecular weight is 507 g/mol. The maximum atomic E-state index is 13.3. The number of carbonyl (C=O) groups excluding carboxylic acids is 1. The van der Waals surface area contributed by atoms with Crippen LogP contribution in [0.25, 0.3) is 0 Å². The molecule has 4 rings (SSSR count). The van der Waals surface area contributed by atoms with Gasteiger partial charge < -0.3 is 24.6 Å². The lowest BCUT2D eigenvalue weighted by Gasteiger charge is -2.40. The molecule has 0 aromatic heterocycles. The van der Waals surface area contributed by atoms with E-state index in [1.807, 2.05) is 38.4 Å². The van der Waals surface area contributed by atoms with Crippen molar-refractivity contribution in [1.29, 1.82) is 0 Å². The molecule has 0 aliphatic carbocycles. The minimum atomic E-state index is -0.227. The molecule has 3 aromatic carbocycles. The fourth-order valence-electron chi connectivity index (χ4n) is 4.50. The van der Waals surface area contributed by atoms with Gasteiger partial charge in [0.15, 0.2) is 6.61 Å². The summed E-state index contributed by atoms with van der Waals surface area (Å²) in [6.45, 7) is 3.70. The quantitative estimate of drug-likeness (QED) is 0.449. The van der Waals surface area contributed by atoms with E-state index in [9.17, 15) is 9.18 Å². The molecular formula is C29H35FN4O3. The Bertz CT molecular complexity index is 1150. The molecule has 1 amide bonds. The number of anilines is 2. The first-order chi connectivity index (χ1) is 17.9. The Hall–Kier alpha value is -3.78. The molecule has 0 saturated carbocycles. The van der Waals surface area contributed by atoms with Crippen molar-refractivity contribution in [2.24, 2.45) is 0 Å². The topological polar surface area (TPSA) is 57.3 Å². The van der Waals surface area contributed by atoms with Gasteiger partial charge in [0.2, 0.25) is 0 Å². The fourth-order valence-corrected chi connectivity index (χ4v) is 4.50. The number of piperazine rings is 1. The summed E-state index contributed by atoms with van der Waals surface area (Å²) >= 11 is 0. The van der Waals surface area contributed by atoms with Gasteiger partial charge in [-0.3, -0.25) is 9.69 Å². The Morgan fingerprint density at radius 3 is 2.30 bits per heavy atom. The number of nitrogens with zero attached hydrogens (tertiary/aromatic N) is 3. The first-order valence-corrected chi connectivity index (χ1v) is 12.5. The number of amides is 1. The molecule has 1 fully saturated rings. The van der Waals surface area contributed by atoms with Crippen LogP contribution < -0.4 is 24.6 Å². The van der Waals surface area contributed by atoms with Crippen LogP contribution in [-0.4, -0.2) is 71.3 Å². The van der Waals surface area contributed by atoms with E-state index in [1.54, 1.807) is 19.2 Å². The Labute approximate surface area is 218 Å². The minimum absolute atomic E-state index is 0.0207. The summed E-state index contributed by atoms with van der Waals surface area (Å²) in [6, 6.07) is 22.3. The monoisotopic (exact) mass is 506 g/mol. The zero-order valence-electron chi connectivity index (χ0n) is 21.7. The van der Waals surface area contributed by atoms with Crippen molar-refractivity contribution in [2.45, 2.75) is 6.04 Å². The summed E-state index contributed by atoms with van der Waals surface area (Å²) in [5, 5.41) is 3.06. The van der Waals surface area contributed by atoms with Gasteiger partial charge >= 0.3 is 0 Å². The standard InChI is InChI=1S/C29H35FN4O3/c1-32(2)24-11-7-22(8-12-24)28(20-31-29(35)21-37-27-6-4-5-26(19-27)36-3)34-17-15-33(16-18-34)25-13-9-23(30)10-14-25/h4-14,19,28H,15-18,20-21H2,1-3H3,(H,31,35). The molecule has 0 radical (unpaired) electrons. The van der Waals surface area contributed by atoms with E-state index < -0.39 is 0 Å². The van der Waals surface area contributed by atoms with Crippen LogP contribution in [0.1, 0.15) is 11.6 Å². The lowest BCUT2D eigenvalue weighted by molar-refractivity contribution is -0.123. The Morgan fingerprint density at radius 2 is 1.65 bits per heavy atom. The molecule has 196 valence electrons. The van der Waals surface area contributed by atoms with Crippen molar-refractivity contribution in [1.82, 2.24) is 10.2 Å². The van der Waals surface area contributed by atoms with Gasteiger partial charge in [0.1, 0.15) is 17.3 Å². The Balaban J connectivity index is 1.39. The van der Waals surface area contributed by atoms with Crippen LogP contribution in [0.2, 0.25) is 0 Å². The van der Waals surface area contributed by atoms with Gasteiger partial charge in [-0.05, 0) is 54.1 Å². The van der Waals surface area contributed by atoms with E-state index in [1.165, 1.54) is 12.1 Å². The molecule has 1 N–H and O–H groups in total. The lowest BCUT2D eigenvalue weighted by atomic mass is 10.0. The second-order valence-electron chi connectivity index (χ2n) is 9.27. The van der Waals surface area contributed by atoms with Crippen LogP contribution in [0, 0.1) is 5.82 Å². The number of hydrogen-bond acceptors (Lipinski definition) is 6. The molecule has 0 spiro atoms. The van der Waals surface area contributed by atoms with Crippen LogP contribution in [0.15, 0.2) is 72.8 Å². The predicted octanol–water partition coefficient (Wildman–Crippen LogP) is 3.96. The summed E-state index contributed by atoms with van der Waals surface area (Å²) in [6.07, 6.45) is 0. The number of hydrogen-bond donors (Lipinski definition) is 1. The van der Waals surface area contributed by atoms with Crippen molar-refractivity contribution in [2.75, 3.05) is 70.3 Å². The van der Waals surface area contributed by atoms with Gasteiger partial charge in [-0.15, -0.1) is 0 Å². The predicted molar refractivity (Wildman–Crippen MR) is 145 cm³/mol. The summed E-state index contributed by atoms with van der Waals surface area (Å²) in [7, 11) is 5.63. The molecule has 1 heterocycles. The van der Waals surface area contributed by atoms with Crippen molar-refractivity contribution in [3.63, 3.8) is 0 Å². The molecule has 37 heavy (non-hydrogen) atoms. The smallest absolute Gasteiger partial charge is 0.258 e. The first kappa shape index (κ1) is 26.3. The van der Waals surface area contributed by atoms with E-state index in [0.717, 1.165) is 43.1 Å². The van der Waals surface area contributed by atoms with Crippen LogP contribution in [0.3, 0.4) is 0 Å². The van der Waals surface area contributed by atoms with E-state index in [-0.39, 0.29) is 24.4 Å². The number of carbonyl (C=O) groups is 1. The molecule has 3 aromatic rings. The highest BCUT2D eigenvalue weighted by molar-refractivity contribution is 5.77. The summed E-state index contributed by atoms with van der Waals surface area (Å²) in [4.78, 5) is 19.4. The van der Waals surface area contributed by atoms with Crippen molar-refractivity contribution in [3.05, 3.63) is 84.2 Å². The van der Waals surface area contributed by atoms with Gasteiger partial charge in [-0.1, -0.05) is 18.2 Å². The van der Waals surface area contributed by atoms with Gasteiger partial charge in [0, 0.05) is 64.3 Å². The summed E-state index contributed by atoms with van der Waals surface area (Å²) in [5.41, 5.74) is 3.30. The van der Waals surface area contributed by atoms with Gasteiger partial charge in [-0.2, -0.15) is 0 Å². The third-order valence-corrected chi connectivity index (χ3v) is 6.64. The van der Waals surface area contributed by atoms with Crippen LogP contribution in [0.5, 0.6) is 11.5 Å². The molecule has 1 aliphatic rings. The number of nitrogens with one attached hydrogen (secondary N) is 1. The number of halogens is 1. The largest absolute Gasteiger partial charge is 0.497 e. The number of ether oxygens (including phenoxy) is 2. The minimum Gasteiger partial charge on any atom is -0.497 e. The SMILES string of the molecule is COc1cccc(OCC(=O)NCC(c2ccc(N(C)C)cc2)N2CCN(c3ccc(F)cc3)CC2)c1. The molecule has 1 atom stereocenters. The van der Waals surface area contributed by atoms with Crippen LogP contribution >= 0.6 is 0 Å². The van der Waals surface area contributed by atoms with Gasteiger partial charge in [-0.25, -0.2) is 4.39 Å². The van der Waals surface area contributed by atoms with Gasteiger partial charge in [0.25, 0.3) is 5.91 Å². The molecule has 1 aliphatic heterocycles. The normalized spacial score (nSPS) is 14.6. The van der Waals surface area contributed by atoms with Crippen molar-refractivity contribution < 1.29 is 18.7 Å². The maximum Gasteiger partial charge on any atom is 0.258 e. The maximum absolute atomic E-state index is 13.3. The third-order valence-electron chi connectivity index (χ3n) is 6.64. The highest BCUT2D eigenvalue weighted by atomic mass is 19.1. The van der Waals surface area contributed by atoms with Crippen LogP contribution in [0.4, 0.5) is 15.8 Å². The molecule has 1 unspecified atom stereocenters. The zero-order valence-corrected chi connectivity index (χ0v) is 21.7. The molecule has 8 heteroatoms. The van der Waals surface area contributed by atoms with E-state index in [2.05, 4.69) is 44.3 Å². The first-order valence-electron chi connectivity index (χ1n) is 12.5. The lowest BCUT2D eigenvalue weighted by Crippen LogP contribution is -2.50. The van der Waals surface area contributed by atoms with Crippen molar-refractivity contribution in [3.8, 4) is 11.5 Å². The summed E-state index contributed by atoms with van der Waals surface area (Å²) in [5.74, 6) is 0.860. The highest BCUT2D eigenvalue weighted by Gasteiger charge is 2.26. The average Bonchev–Trinajstić information content (AvgIpc) is 2.93. The molecule has 7 nitrogen and oxygen atoms in total. The molecule has 0 bridgehead atoms. The number of methoxy groups -OCH3 is 1. The van der Waals surface area contributed by atoms with Gasteiger partial charge in [0.05, 0.1) is 13.2 Å². The highest BCUT2D eigenvalue weighted by Crippen LogP contribution is 2.26. The Morgan fingerprint density at radius 1 is 0.973 bits per heavy atom. The van der Waals surface area contributed by atoms with E-state index >= 15 is 0 Å². The zero-order chi connectivity index (χ0) is 26.2. The van der Waals surface area contributed by atoms with E-state index in [4.69, 9.17) is 9.47 Å². The number of benzene rings is 3. The van der Waals surface area contributed by atoms with Crippen molar-refractivity contribution >= 4 is 17.3 Å². The van der Waals surface area contributed by atoms with E-state index in [0.29, 0.717) is 18.0 Å². The number of rotatable bonds is 10. The second-order valence-corrected chi connectivity index (χ2v) is 9.27. The summed E-state index contributed by atoms with van der Waals surface area (Å²) < 4.78 is 24.2. The van der Waals surface area contributed by atoms with Crippen LogP contribution in [-0.2, 0) is 4.79 Å². The fraction of sp³-hybridized carbons (Fsp3) is 0.345. The Kier molecular flexibility index (Phi) is 8.85.